The number of anilines is 1. The molecule has 1 aliphatic rings. The van der Waals surface area contributed by atoms with Crippen LogP contribution in [0.15, 0.2) is 0 Å². The van der Waals surface area contributed by atoms with Crippen molar-refractivity contribution in [3.63, 3.8) is 0 Å². The molecule has 1 fully saturated rings. The second-order valence-corrected chi connectivity index (χ2v) is 4.87. The molecule has 1 atom stereocenters. The average Bonchev–Trinajstić information content (AvgIpc) is 2.75. The summed E-state index contributed by atoms with van der Waals surface area (Å²) >= 11 is 1.57. The number of hydrogen-bond donors (Lipinski definition) is 2. The molecule has 1 unspecified atom stereocenters. The van der Waals surface area contributed by atoms with Gasteiger partial charge in [-0.1, -0.05) is 24.2 Å². The summed E-state index contributed by atoms with van der Waals surface area (Å²) in [5, 5.41) is 13.4. The third-order valence-corrected chi connectivity index (χ3v) is 3.57. The Kier molecular flexibility index (Phi) is 2.98. The van der Waals surface area contributed by atoms with E-state index in [0.717, 1.165) is 10.1 Å². The molecule has 1 aromatic heterocycles. The molecular weight excluding hydrogens is 196 g/mol. The van der Waals surface area contributed by atoms with Crippen molar-refractivity contribution in [3.8, 4) is 0 Å². The maximum atomic E-state index is 5.72. The van der Waals surface area contributed by atoms with E-state index in [1.807, 2.05) is 6.92 Å². The zero-order valence-electron chi connectivity index (χ0n) is 8.36. The fourth-order valence-corrected chi connectivity index (χ4v) is 2.49. The molecule has 78 valence electrons. The Morgan fingerprint density at radius 1 is 1.43 bits per heavy atom. The van der Waals surface area contributed by atoms with E-state index in [1.165, 1.54) is 25.7 Å². The quantitative estimate of drug-likeness (QED) is 0.803. The number of aromatic nitrogens is 2. The van der Waals surface area contributed by atoms with Crippen molar-refractivity contribution in [1.82, 2.24) is 10.2 Å². The molecule has 0 aromatic carbocycles. The lowest BCUT2D eigenvalue weighted by Gasteiger charge is -2.08. The minimum atomic E-state index is -0.00775. The molecule has 0 saturated heterocycles. The van der Waals surface area contributed by atoms with Crippen LogP contribution in [0, 0.1) is 0 Å². The van der Waals surface area contributed by atoms with Gasteiger partial charge >= 0.3 is 0 Å². The van der Waals surface area contributed by atoms with Gasteiger partial charge in [0.25, 0.3) is 0 Å². The molecule has 0 amide bonds. The standard InChI is InChI=1S/C9H16N4S/c1-6(10)8-12-13-9(14-8)11-7-4-2-3-5-7/h6-7H,2-5,10H2,1H3,(H,11,13). The fraction of sp³-hybridized carbons (Fsp3) is 0.778. The average molecular weight is 212 g/mol. The van der Waals surface area contributed by atoms with Gasteiger partial charge in [-0.05, 0) is 19.8 Å². The highest BCUT2D eigenvalue weighted by atomic mass is 32.1. The normalized spacial score (nSPS) is 19.9. The summed E-state index contributed by atoms with van der Waals surface area (Å²) in [6.45, 7) is 1.93. The van der Waals surface area contributed by atoms with Crippen molar-refractivity contribution in [3.05, 3.63) is 5.01 Å². The van der Waals surface area contributed by atoms with Gasteiger partial charge in [0, 0.05) is 6.04 Å². The molecule has 1 aromatic rings. The number of nitrogens with two attached hydrogens (primary N) is 1. The Bertz CT molecular complexity index is 291. The maximum absolute atomic E-state index is 5.72. The second kappa shape index (κ2) is 4.23. The molecule has 4 nitrogen and oxygen atoms in total. The minimum absolute atomic E-state index is 0.00775. The van der Waals surface area contributed by atoms with Crippen molar-refractivity contribution in [1.29, 1.82) is 0 Å². The smallest absolute Gasteiger partial charge is 0.205 e. The summed E-state index contributed by atoms with van der Waals surface area (Å²) in [7, 11) is 0. The van der Waals surface area contributed by atoms with E-state index in [0.29, 0.717) is 6.04 Å². The van der Waals surface area contributed by atoms with Gasteiger partial charge in [0.1, 0.15) is 5.01 Å². The first-order chi connectivity index (χ1) is 6.75. The van der Waals surface area contributed by atoms with Gasteiger partial charge in [0.2, 0.25) is 5.13 Å². The topological polar surface area (TPSA) is 63.8 Å². The molecule has 0 bridgehead atoms. The van der Waals surface area contributed by atoms with Gasteiger partial charge in [-0.15, -0.1) is 10.2 Å². The first-order valence-corrected chi connectivity index (χ1v) is 5.93. The minimum Gasteiger partial charge on any atom is -0.357 e. The molecule has 0 aliphatic heterocycles. The van der Waals surface area contributed by atoms with Gasteiger partial charge in [-0.3, -0.25) is 0 Å². The summed E-state index contributed by atoms with van der Waals surface area (Å²) in [6, 6.07) is 0.593. The fourth-order valence-electron chi connectivity index (χ4n) is 1.72. The zero-order chi connectivity index (χ0) is 9.97. The lowest BCUT2D eigenvalue weighted by Crippen LogP contribution is -2.13. The van der Waals surface area contributed by atoms with Crippen molar-refractivity contribution in [2.45, 2.75) is 44.7 Å². The van der Waals surface area contributed by atoms with Gasteiger partial charge in [-0.2, -0.15) is 0 Å². The zero-order valence-corrected chi connectivity index (χ0v) is 9.18. The molecule has 1 saturated carbocycles. The van der Waals surface area contributed by atoms with Crippen LogP contribution in [0.25, 0.3) is 0 Å². The van der Waals surface area contributed by atoms with Crippen molar-refractivity contribution in [2.75, 3.05) is 5.32 Å². The molecule has 0 radical (unpaired) electrons. The highest BCUT2D eigenvalue weighted by Crippen LogP contribution is 2.25. The van der Waals surface area contributed by atoms with Gasteiger partial charge in [-0.25, -0.2) is 0 Å². The first-order valence-electron chi connectivity index (χ1n) is 5.11. The van der Waals surface area contributed by atoms with Crippen LogP contribution < -0.4 is 11.1 Å². The molecular formula is C9H16N4S. The van der Waals surface area contributed by atoms with Crippen LogP contribution in [0.4, 0.5) is 5.13 Å². The summed E-state index contributed by atoms with van der Waals surface area (Å²) in [5.74, 6) is 0. The van der Waals surface area contributed by atoms with Crippen LogP contribution in [0.3, 0.4) is 0 Å². The Morgan fingerprint density at radius 2 is 2.14 bits per heavy atom. The lowest BCUT2D eigenvalue weighted by atomic mass is 10.3. The van der Waals surface area contributed by atoms with E-state index < -0.39 is 0 Å². The molecule has 0 spiro atoms. The Morgan fingerprint density at radius 3 is 2.71 bits per heavy atom. The highest BCUT2D eigenvalue weighted by Gasteiger charge is 2.16. The first kappa shape index (κ1) is 9.86. The molecule has 5 heteroatoms. The second-order valence-electron chi connectivity index (χ2n) is 3.86. The third-order valence-electron chi connectivity index (χ3n) is 2.51. The number of hydrogen-bond acceptors (Lipinski definition) is 5. The number of rotatable bonds is 3. The van der Waals surface area contributed by atoms with E-state index in [9.17, 15) is 0 Å². The molecule has 1 aliphatic carbocycles. The van der Waals surface area contributed by atoms with Crippen LogP contribution >= 0.6 is 11.3 Å². The van der Waals surface area contributed by atoms with E-state index in [4.69, 9.17) is 5.73 Å². The van der Waals surface area contributed by atoms with E-state index in [2.05, 4.69) is 15.5 Å². The molecule has 14 heavy (non-hydrogen) atoms. The summed E-state index contributed by atoms with van der Waals surface area (Å²) in [5.41, 5.74) is 5.72. The highest BCUT2D eigenvalue weighted by molar-refractivity contribution is 7.15. The van der Waals surface area contributed by atoms with Crippen LogP contribution in [0.1, 0.15) is 43.7 Å². The monoisotopic (exact) mass is 212 g/mol. The van der Waals surface area contributed by atoms with Crippen LogP contribution in [0.5, 0.6) is 0 Å². The predicted molar refractivity (Wildman–Crippen MR) is 58.4 cm³/mol. The number of nitrogens with zero attached hydrogens (tertiary/aromatic N) is 2. The Labute approximate surface area is 87.9 Å². The molecule has 2 rings (SSSR count). The SMILES string of the molecule is CC(N)c1nnc(NC2CCCC2)s1. The van der Waals surface area contributed by atoms with E-state index in [-0.39, 0.29) is 6.04 Å². The van der Waals surface area contributed by atoms with Crippen molar-refractivity contribution >= 4 is 16.5 Å². The summed E-state index contributed by atoms with van der Waals surface area (Å²) in [6.07, 6.45) is 5.17. The van der Waals surface area contributed by atoms with Gasteiger partial charge in [0.05, 0.1) is 6.04 Å². The van der Waals surface area contributed by atoms with Gasteiger partial charge < -0.3 is 11.1 Å². The van der Waals surface area contributed by atoms with Crippen LogP contribution in [-0.4, -0.2) is 16.2 Å². The molecule has 3 N–H and O–H groups in total. The van der Waals surface area contributed by atoms with E-state index in [1.54, 1.807) is 11.3 Å². The van der Waals surface area contributed by atoms with Gasteiger partial charge in [0.15, 0.2) is 0 Å². The Balaban J connectivity index is 1.95. The molecule has 1 heterocycles. The summed E-state index contributed by atoms with van der Waals surface area (Å²) < 4.78 is 0. The third kappa shape index (κ3) is 2.22. The predicted octanol–water partition coefficient (Wildman–Crippen LogP) is 1.91. The summed E-state index contributed by atoms with van der Waals surface area (Å²) in [4.78, 5) is 0. The van der Waals surface area contributed by atoms with E-state index >= 15 is 0 Å². The van der Waals surface area contributed by atoms with Crippen LogP contribution in [-0.2, 0) is 0 Å². The van der Waals surface area contributed by atoms with Crippen molar-refractivity contribution in [2.24, 2.45) is 5.73 Å². The number of nitrogens with one attached hydrogen (secondary N) is 1. The largest absolute Gasteiger partial charge is 0.357 e. The lowest BCUT2D eigenvalue weighted by molar-refractivity contribution is 0.748. The van der Waals surface area contributed by atoms with Crippen LogP contribution in [0.2, 0.25) is 0 Å². The maximum Gasteiger partial charge on any atom is 0.205 e. The van der Waals surface area contributed by atoms with Crippen molar-refractivity contribution < 1.29 is 0 Å². The Hall–Kier alpha value is -0.680.